The predicted octanol–water partition coefficient (Wildman–Crippen LogP) is 1.33. The molecular weight excluding hydrogens is 313 g/mol. The number of nitriles is 1. The van der Waals surface area contributed by atoms with Crippen LogP contribution in [0.25, 0.3) is 0 Å². The number of aliphatic carboxylic acids is 1. The quantitative estimate of drug-likeness (QED) is 0.869. The van der Waals surface area contributed by atoms with E-state index in [9.17, 15) is 26.4 Å². The summed E-state index contributed by atoms with van der Waals surface area (Å²) in [5, 5.41) is 17.2. The van der Waals surface area contributed by atoms with E-state index in [-0.39, 0.29) is 6.07 Å². The molecule has 1 aromatic carbocycles. The third kappa shape index (κ3) is 3.93. The molecule has 10 heteroatoms. The number of hydrogen-bond donors (Lipinski definition) is 2. The lowest BCUT2D eigenvalue weighted by Gasteiger charge is -2.13. The Bertz CT molecular complexity index is 707. The lowest BCUT2D eigenvalue weighted by Crippen LogP contribution is -2.38. The summed E-state index contributed by atoms with van der Waals surface area (Å²) >= 11 is 0. The standard InChI is InChI=1S/C11H9F3N2O4S/c1-6(10(17)18)16-21(19,20)8-3-2-7(5-15)9(4-8)11(12,13)14/h2-4,6,16H,1H3,(H,17,18). The fraction of sp³-hybridized carbons (Fsp3) is 0.273. The zero-order chi connectivity index (χ0) is 16.4. The number of alkyl halides is 3. The average Bonchev–Trinajstić information content (AvgIpc) is 2.36. The van der Waals surface area contributed by atoms with E-state index in [0.717, 1.165) is 13.0 Å². The summed E-state index contributed by atoms with van der Waals surface area (Å²) in [6.45, 7) is 1.02. The van der Waals surface area contributed by atoms with Crippen LogP contribution in [0.5, 0.6) is 0 Å². The summed E-state index contributed by atoms with van der Waals surface area (Å²) in [6, 6.07) is 1.59. The van der Waals surface area contributed by atoms with E-state index >= 15 is 0 Å². The van der Waals surface area contributed by atoms with Crippen LogP contribution in [-0.4, -0.2) is 25.5 Å². The highest BCUT2D eigenvalue weighted by molar-refractivity contribution is 7.89. The van der Waals surface area contributed by atoms with Crippen molar-refractivity contribution in [3.8, 4) is 6.07 Å². The summed E-state index contributed by atoms with van der Waals surface area (Å²) in [7, 11) is -4.45. The molecule has 0 spiro atoms. The van der Waals surface area contributed by atoms with E-state index in [1.165, 1.54) is 6.07 Å². The van der Waals surface area contributed by atoms with Crippen LogP contribution in [0.4, 0.5) is 13.2 Å². The second-order valence-electron chi connectivity index (χ2n) is 4.00. The molecule has 1 atom stereocenters. The van der Waals surface area contributed by atoms with Gasteiger partial charge in [0.1, 0.15) is 6.04 Å². The molecule has 0 amide bonds. The summed E-state index contributed by atoms with van der Waals surface area (Å²) < 4.78 is 63.5. The molecule has 1 aromatic rings. The lowest BCUT2D eigenvalue weighted by molar-refractivity contribution is -0.139. The van der Waals surface area contributed by atoms with Crippen molar-refractivity contribution >= 4 is 16.0 Å². The molecule has 0 aliphatic rings. The van der Waals surface area contributed by atoms with Crippen LogP contribution in [-0.2, 0) is 21.0 Å². The molecule has 0 aromatic heterocycles. The summed E-state index contributed by atoms with van der Waals surface area (Å²) in [6.07, 6.45) is -4.91. The largest absolute Gasteiger partial charge is 0.480 e. The van der Waals surface area contributed by atoms with Crippen LogP contribution in [0.15, 0.2) is 23.1 Å². The molecule has 0 aliphatic heterocycles. The molecule has 0 heterocycles. The van der Waals surface area contributed by atoms with Gasteiger partial charge in [-0.05, 0) is 25.1 Å². The fourth-order valence-corrected chi connectivity index (χ4v) is 2.60. The van der Waals surface area contributed by atoms with Gasteiger partial charge in [0.2, 0.25) is 10.0 Å². The Morgan fingerprint density at radius 2 is 2.00 bits per heavy atom. The topological polar surface area (TPSA) is 107 Å². The van der Waals surface area contributed by atoms with Gasteiger partial charge in [-0.25, -0.2) is 8.42 Å². The molecule has 0 saturated carbocycles. The Morgan fingerprint density at radius 1 is 1.43 bits per heavy atom. The fourth-order valence-electron chi connectivity index (χ4n) is 1.37. The van der Waals surface area contributed by atoms with Crippen molar-refractivity contribution in [2.24, 2.45) is 0 Å². The Kier molecular flexibility index (Phi) is 4.60. The number of nitrogens with zero attached hydrogens (tertiary/aromatic N) is 1. The van der Waals surface area contributed by atoms with Crippen molar-refractivity contribution in [1.29, 1.82) is 5.26 Å². The van der Waals surface area contributed by atoms with Gasteiger partial charge in [0, 0.05) is 0 Å². The van der Waals surface area contributed by atoms with Crippen molar-refractivity contribution < 1.29 is 31.5 Å². The van der Waals surface area contributed by atoms with E-state index in [4.69, 9.17) is 10.4 Å². The Balaban J connectivity index is 3.33. The zero-order valence-electron chi connectivity index (χ0n) is 10.5. The van der Waals surface area contributed by atoms with Gasteiger partial charge in [0.15, 0.2) is 0 Å². The third-order valence-electron chi connectivity index (χ3n) is 2.43. The number of rotatable bonds is 4. The first-order chi connectivity index (χ1) is 9.49. The number of sulfonamides is 1. The number of carboxylic acid groups (broad SMARTS) is 1. The number of carbonyl (C=O) groups is 1. The van der Waals surface area contributed by atoms with Gasteiger partial charge in [-0.3, -0.25) is 4.79 Å². The van der Waals surface area contributed by atoms with Crippen LogP contribution in [0.1, 0.15) is 18.1 Å². The molecule has 0 fully saturated rings. The van der Waals surface area contributed by atoms with Crippen LogP contribution in [0.3, 0.4) is 0 Å². The van der Waals surface area contributed by atoms with Gasteiger partial charge in [-0.2, -0.15) is 23.2 Å². The smallest absolute Gasteiger partial charge is 0.417 e. The van der Waals surface area contributed by atoms with E-state index in [1.807, 2.05) is 0 Å². The van der Waals surface area contributed by atoms with E-state index in [0.29, 0.717) is 6.07 Å². The second-order valence-corrected chi connectivity index (χ2v) is 5.71. The molecule has 1 rings (SSSR count). The molecule has 1 unspecified atom stereocenters. The highest BCUT2D eigenvalue weighted by Crippen LogP contribution is 2.33. The van der Waals surface area contributed by atoms with Crippen LogP contribution in [0, 0.1) is 11.3 Å². The minimum atomic E-state index is -4.91. The molecule has 0 bridgehead atoms. The van der Waals surface area contributed by atoms with Crippen molar-refractivity contribution in [2.45, 2.75) is 24.0 Å². The first-order valence-electron chi connectivity index (χ1n) is 5.35. The maximum absolute atomic E-state index is 12.7. The van der Waals surface area contributed by atoms with Crippen LogP contribution < -0.4 is 4.72 Å². The molecule has 0 radical (unpaired) electrons. The summed E-state index contributed by atoms with van der Waals surface area (Å²) in [4.78, 5) is 9.81. The van der Waals surface area contributed by atoms with Crippen molar-refractivity contribution in [2.75, 3.05) is 0 Å². The Labute approximate surface area is 117 Å². The average molecular weight is 322 g/mol. The molecule has 114 valence electrons. The van der Waals surface area contributed by atoms with E-state index in [2.05, 4.69) is 0 Å². The number of halogens is 3. The highest BCUT2D eigenvalue weighted by atomic mass is 32.2. The maximum Gasteiger partial charge on any atom is 0.417 e. The molecule has 0 aliphatic carbocycles. The number of nitrogens with one attached hydrogen (secondary N) is 1. The van der Waals surface area contributed by atoms with Crippen LogP contribution >= 0.6 is 0 Å². The molecule has 0 saturated heterocycles. The first kappa shape index (κ1) is 16.9. The SMILES string of the molecule is CC(NS(=O)(=O)c1ccc(C#N)c(C(F)(F)F)c1)C(=O)O. The maximum atomic E-state index is 12.7. The first-order valence-corrected chi connectivity index (χ1v) is 6.84. The monoisotopic (exact) mass is 322 g/mol. The van der Waals surface area contributed by atoms with Crippen molar-refractivity contribution in [3.05, 3.63) is 29.3 Å². The van der Waals surface area contributed by atoms with Crippen LogP contribution in [0.2, 0.25) is 0 Å². The Hall–Kier alpha value is -2.12. The second kappa shape index (κ2) is 5.71. The number of carboxylic acids is 1. The lowest BCUT2D eigenvalue weighted by atomic mass is 10.1. The van der Waals surface area contributed by atoms with Gasteiger partial charge in [-0.15, -0.1) is 0 Å². The third-order valence-corrected chi connectivity index (χ3v) is 3.97. The predicted molar refractivity (Wildman–Crippen MR) is 63.6 cm³/mol. The zero-order valence-corrected chi connectivity index (χ0v) is 11.3. The minimum Gasteiger partial charge on any atom is -0.480 e. The Morgan fingerprint density at radius 3 is 2.43 bits per heavy atom. The molecular formula is C11H9F3N2O4S. The minimum absolute atomic E-state index is 0.287. The van der Waals surface area contributed by atoms with E-state index in [1.54, 1.807) is 4.72 Å². The molecule has 2 N–H and O–H groups in total. The summed E-state index contributed by atoms with van der Waals surface area (Å²) in [5.41, 5.74) is -2.14. The number of hydrogen-bond acceptors (Lipinski definition) is 4. The van der Waals surface area contributed by atoms with Gasteiger partial charge >= 0.3 is 12.1 Å². The van der Waals surface area contributed by atoms with Gasteiger partial charge < -0.3 is 5.11 Å². The van der Waals surface area contributed by atoms with Gasteiger partial charge in [-0.1, -0.05) is 0 Å². The van der Waals surface area contributed by atoms with Gasteiger partial charge in [0.25, 0.3) is 0 Å². The number of benzene rings is 1. The normalized spacial score (nSPS) is 13.5. The summed E-state index contributed by atoms with van der Waals surface area (Å²) in [5.74, 6) is -1.48. The van der Waals surface area contributed by atoms with Gasteiger partial charge in [0.05, 0.1) is 22.1 Å². The molecule has 6 nitrogen and oxygen atoms in total. The van der Waals surface area contributed by atoms with Crippen molar-refractivity contribution in [1.82, 2.24) is 4.72 Å². The highest BCUT2D eigenvalue weighted by Gasteiger charge is 2.35. The van der Waals surface area contributed by atoms with E-state index < -0.39 is 44.2 Å². The van der Waals surface area contributed by atoms with Crippen molar-refractivity contribution in [3.63, 3.8) is 0 Å². The molecule has 21 heavy (non-hydrogen) atoms.